The van der Waals surface area contributed by atoms with Crippen LogP contribution in [0.15, 0.2) is 30.5 Å². The van der Waals surface area contributed by atoms with Gasteiger partial charge in [0.05, 0.1) is 38.6 Å². The lowest BCUT2D eigenvalue weighted by atomic mass is 9.95. The molecule has 1 aliphatic heterocycles. The van der Waals surface area contributed by atoms with Crippen molar-refractivity contribution in [1.29, 1.82) is 0 Å². The summed E-state index contributed by atoms with van der Waals surface area (Å²) in [5.41, 5.74) is 1.07. The van der Waals surface area contributed by atoms with Crippen molar-refractivity contribution in [2.75, 3.05) is 27.4 Å². The molecular formula is C18H18ClNO5. The smallest absolute Gasteiger partial charge is 0.200 e. The van der Waals surface area contributed by atoms with Crippen molar-refractivity contribution in [1.82, 2.24) is 4.98 Å². The Morgan fingerprint density at radius 1 is 1.20 bits per heavy atom. The van der Waals surface area contributed by atoms with Gasteiger partial charge >= 0.3 is 0 Å². The molecule has 132 valence electrons. The van der Waals surface area contributed by atoms with Crippen LogP contribution in [0.3, 0.4) is 0 Å². The van der Waals surface area contributed by atoms with Crippen molar-refractivity contribution >= 4 is 17.4 Å². The third-order valence-corrected chi connectivity index (χ3v) is 4.40. The monoisotopic (exact) mass is 363 g/mol. The number of aromatic nitrogens is 1. The lowest BCUT2D eigenvalue weighted by molar-refractivity contribution is -0.150. The summed E-state index contributed by atoms with van der Waals surface area (Å²) in [6, 6.07) is 6.66. The first-order valence-corrected chi connectivity index (χ1v) is 8.07. The second-order valence-electron chi connectivity index (χ2n) is 5.56. The zero-order chi connectivity index (χ0) is 18.0. The van der Waals surface area contributed by atoms with Gasteiger partial charge in [-0.25, -0.2) is 4.98 Å². The maximum Gasteiger partial charge on any atom is 0.200 e. The van der Waals surface area contributed by atoms with Crippen molar-refractivity contribution in [3.8, 4) is 11.5 Å². The van der Waals surface area contributed by atoms with Crippen LogP contribution in [0, 0.1) is 0 Å². The zero-order valence-electron chi connectivity index (χ0n) is 14.2. The molecule has 0 atom stereocenters. The lowest BCUT2D eigenvalue weighted by Crippen LogP contribution is -2.26. The molecule has 1 fully saturated rings. The molecule has 2 aromatic rings. The van der Waals surface area contributed by atoms with Gasteiger partial charge in [-0.15, -0.1) is 0 Å². The van der Waals surface area contributed by atoms with Gasteiger partial charge in [-0.05, 0) is 31.2 Å². The van der Waals surface area contributed by atoms with Crippen molar-refractivity contribution in [2.45, 2.75) is 12.7 Å². The number of nitrogens with zero attached hydrogens (tertiary/aromatic N) is 1. The average Bonchev–Trinajstić information content (AvgIpc) is 3.08. The number of halogens is 1. The highest BCUT2D eigenvalue weighted by molar-refractivity contribution is 6.34. The summed E-state index contributed by atoms with van der Waals surface area (Å²) in [6.45, 7) is 2.63. The summed E-state index contributed by atoms with van der Waals surface area (Å²) in [7, 11) is 3.02. The van der Waals surface area contributed by atoms with Gasteiger partial charge < -0.3 is 18.9 Å². The topological polar surface area (TPSA) is 66.9 Å². The van der Waals surface area contributed by atoms with E-state index < -0.39 is 5.79 Å². The Labute approximate surface area is 150 Å². The van der Waals surface area contributed by atoms with E-state index in [2.05, 4.69) is 4.98 Å². The first kappa shape index (κ1) is 17.7. The Kier molecular flexibility index (Phi) is 4.94. The summed E-state index contributed by atoms with van der Waals surface area (Å²) in [6.07, 6.45) is 1.52. The second-order valence-corrected chi connectivity index (χ2v) is 5.92. The highest BCUT2D eigenvalue weighted by Gasteiger charge is 2.38. The molecule has 0 aliphatic carbocycles. The van der Waals surface area contributed by atoms with Crippen molar-refractivity contribution in [3.63, 3.8) is 0 Å². The Morgan fingerprint density at radius 2 is 1.92 bits per heavy atom. The zero-order valence-corrected chi connectivity index (χ0v) is 14.9. The van der Waals surface area contributed by atoms with Crippen LogP contribution in [0.25, 0.3) is 0 Å². The SMILES string of the molecule is COc1ccc(OC)c(C(=O)c2c(C3(C)OCCO3)ccnc2Cl)c1. The maximum absolute atomic E-state index is 13.3. The molecule has 0 spiro atoms. The molecule has 7 heteroatoms. The average molecular weight is 364 g/mol. The van der Waals surface area contributed by atoms with Crippen LogP contribution in [0.4, 0.5) is 0 Å². The Bertz CT molecular complexity index is 802. The Morgan fingerprint density at radius 3 is 2.56 bits per heavy atom. The molecule has 1 aromatic heterocycles. The molecule has 6 nitrogen and oxygen atoms in total. The normalized spacial score (nSPS) is 15.8. The Hall–Kier alpha value is -2.15. The molecule has 0 unspecified atom stereocenters. The third-order valence-electron chi connectivity index (χ3n) is 4.11. The fourth-order valence-electron chi connectivity index (χ4n) is 2.83. The number of hydrogen-bond donors (Lipinski definition) is 0. The van der Waals surface area contributed by atoms with Crippen LogP contribution in [0.2, 0.25) is 5.15 Å². The van der Waals surface area contributed by atoms with Crippen LogP contribution >= 0.6 is 11.6 Å². The number of ether oxygens (including phenoxy) is 4. The van der Waals surface area contributed by atoms with Gasteiger partial charge in [-0.2, -0.15) is 0 Å². The number of benzene rings is 1. The fraction of sp³-hybridized carbons (Fsp3) is 0.333. The summed E-state index contributed by atoms with van der Waals surface area (Å²) < 4.78 is 21.9. The summed E-state index contributed by atoms with van der Waals surface area (Å²) in [5.74, 6) is -0.450. The molecule has 25 heavy (non-hydrogen) atoms. The van der Waals surface area contributed by atoms with Gasteiger partial charge in [0.25, 0.3) is 0 Å². The van der Waals surface area contributed by atoms with Gasteiger partial charge in [0.15, 0.2) is 11.6 Å². The van der Waals surface area contributed by atoms with E-state index in [1.54, 1.807) is 31.2 Å². The molecule has 0 bridgehead atoms. The number of carbonyl (C=O) groups is 1. The molecule has 0 radical (unpaired) electrons. The van der Waals surface area contributed by atoms with Gasteiger partial charge in [-0.1, -0.05) is 11.6 Å². The first-order chi connectivity index (χ1) is 12.0. The predicted octanol–water partition coefficient (Wildman–Crippen LogP) is 3.20. The van der Waals surface area contributed by atoms with Crippen LogP contribution < -0.4 is 9.47 Å². The van der Waals surface area contributed by atoms with Crippen molar-refractivity contribution in [2.24, 2.45) is 0 Å². The number of methoxy groups -OCH3 is 2. The van der Waals surface area contributed by atoms with E-state index >= 15 is 0 Å². The molecule has 1 aromatic carbocycles. The largest absolute Gasteiger partial charge is 0.497 e. The van der Waals surface area contributed by atoms with Crippen LogP contribution in [0.1, 0.15) is 28.4 Å². The van der Waals surface area contributed by atoms with Gasteiger partial charge in [0.2, 0.25) is 0 Å². The quantitative estimate of drug-likeness (QED) is 0.600. The number of pyridine rings is 1. The molecule has 0 amide bonds. The second kappa shape index (κ2) is 7.00. The first-order valence-electron chi connectivity index (χ1n) is 7.70. The number of ketones is 1. The molecule has 0 saturated carbocycles. The van der Waals surface area contributed by atoms with Crippen LogP contribution in [0.5, 0.6) is 11.5 Å². The standard InChI is InChI=1S/C18H18ClNO5/c1-18(24-8-9-25-18)13-6-7-20-17(19)15(13)16(21)12-10-11(22-2)4-5-14(12)23-3/h4-7,10H,8-9H2,1-3H3. The van der Waals surface area contributed by atoms with Crippen LogP contribution in [-0.2, 0) is 15.3 Å². The van der Waals surface area contributed by atoms with Crippen molar-refractivity contribution < 1.29 is 23.7 Å². The maximum atomic E-state index is 13.3. The summed E-state index contributed by atoms with van der Waals surface area (Å²) >= 11 is 6.27. The molecule has 2 heterocycles. The van der Waals surface area contributed by atoms with Crippen LogP contribution in [-0.4, -0.2) is 38.2 Å². The van der Waals surface area contributed by atoms with E-state index in [4.69, 9.17) is 30.5 Å². The highest BCUT2D eigenvalue weighted by Crippen LogP contribution is 2.37. The number of hydrogen-bond acceptors (Lipinski definition) is 6. The molecule has 1 aliphatic rings. The molecule has 0 N–H and O–H groups in total. The predicted molar refractivity (Wildman–Crippen MR) is 91.5 cm³/mol. The highest BCUT2D eigenvalue weighted by atomic mass is 35.5. The minimum atomic E-state index is -1.05. The van der Waals surface area contributed by atoms with E-state index in [0.29, 0.717) is 35.8 Å². The number of carbonyl (C=O) groups excluding carboxylic acids is 1. The van der Waals surface area contributed by atoms with E-state index in [9.17, 15) is 4.79 Å². The minimum Gasteiger partial charge on any atom is -0.497 e. The Balaban J connectivity index is 2.15. The minimum absolute atomic E-state index is 0.0766. The summed E-state index contributed by atoms with van der Waals surface area (Å²) in [5, 5.41) is 0.0766. The lowest BCUT2D eigenvalue weighted by Gasteiger charge is -2.25. The molecule has 1 saturated heterocycles. The van der Waals surface area contributed by atoms with Gasteiger partial charge in [-0.3, -0.25) is 4.79 Å². The third kappa shape index (κ3) is 3.20. The van der Waals surface area contributed by atoms with E-state index in [0.717, 1.165) is 0 Å². The van der Waals surface area contributed by atoms with E-state index in [1.165, 1.54) is 20.4 Å². The van der Waals surface area contributed by atoms with E-state index in [-0.39, 0.29) is 16.5 Å². The number of rotatable bonds is 5. The summed E-state index contributed by atoms with van der Waals surface area (Å²) in [4.78, 5) is 17.3. The van der Waals surface area contributed by atoms with Gasteiger partial charge in [0, 0.05) is 11.8 Å². The van der Waals surface area contributed by atoms with Gasteiger partial charge in [0.1, 0.15) is 16.7 Å². The molecule has 3 rings (SSSR count). The van der Waals surface area contributed by atoms with Crippen molar-refractivity contribution in [3.05, 3.63) is 52.3 Å². The fourth-order valence-corrected chi connectivity index (χ4v) is 3.07. The molecular weight excluding hydrogens is 346 g/mol. The van der Waals surface area contributed by atoms with E-state index in [1.807, 2.05) is 0 Å².